The summed E-state index contributed by atoms with van der Waals surface area (Å²) in [5, 5.41) is 0. The molecule has 2 aliphatic carbocycles. The summed E-state index contributed by atoms with van der Waals surface area (Å²) < 4.78 is 1.02. The molecule has 0 aliphatic heterocycles. The maximum Gasteiger partial charge on any atom is 0.347 e. The summed E-state index contributed by atoms with van der Waals surface area (Å²) in [6.07, 6.45) is 6.69. The van der Waals surface area contributed by atoms with E-state index in [0.717, 1.165) is 17.0 Å². The number of nitrogens with zero attached hydrogens (tertiary/aromatic N) is 1. The first-order chi connectivity index (χ1) is 9.11. The molecule has 1 aromatic rings. The number of nitrogens with one attached hydrogen (secondary N) is 2. The Labute approximate surface area is 109 Å². The van der Waals surface area contributed by atoms with Crippen molar-refractivity contribution in [3.05, 3.63) is 33.1 Å². The third-order valence-corrected chi connectivity index (χ3v) is 4.40. The number of hydrogen-bond donors (Lipinski definition) is 2. The monoisotopic (exact) mass is 263 g/mol. The van der Waals surface area contributed by atoms with E-state index in [1.807, 2.05) is 0 Å². The molecule has 2 fully saturated rings. The van der Waals surface area contributed by atoms with Gasteiger partial charge in [0, 0.05) is 18.7 Å². The van der Waals surface area contributed by atoms with Crippen molar-refractivity contribution in [1.29, 1.82) is 0 Å². The van der Waals surface area contributed by atoms with Gasteiger partial charge in [0.1, 0.15) is 0 Å². The first kappa shape index (κ1) is 12.2. The molecule has 1 heterocycles. The summed E-state index contributed by atoms with van der Waals surface area (Å²) in [6.45, 7) is 0. The lowest BCUT2D eigenvalue weighted by molar-refractivity contribution is -0.118. The summed E-state index contributed by atoms with van der Waals surface area (Å²) in [4.78, 5) is 36.4. The second-order valence-electron chi connectivity index (χ2n) is 5.65. The fourth-order valence-corrected chi connectivity index (χ4v) is 3.55. The third-order valence-electron chi connectivity index (χ3n) is 4.40. The molecule has 0 aromatic carbocycles. The van der Waals surface area contributed by atoms with Crippen LogP contribution < -0.4 is 16.7 Å². The molecule has 0 radical (unpaired) electrons. The van der Waals surface area contributed by atoms with Crippen LogP contribution in [0.2, 0.25) is 0 Å². The van der Waals surface area contributed by atoms with Crippen molar-refractivity contribution >= 4 is 5.91 Å². The van der Waals surface area contributed by atoms with Gasteiger partial charge in [-0.3, -0.25) is 20.0 Å². The van der Waals surface area contributed by atoms with Crippen LogP contribution in [0.1, 0.15) is 32.1 Å². The van der Waals surface area contributed by atoms with Gasteiger partial charge < -0.3 is 0 Å². The minimum atomic E-state index is -0.617. The second-order valence-corrected chi connectivity index (χ2v) is 5.65. The maximum atomic E-state index is 11.9. The van der Waals surface area contributed by atoms with Crippen molar-refractivity contribution in [2.45, 2.75) is 32.1 Å². The Bertz CT molecular complexity index is 604. The average molecular weight is 263 g/mol. The Hall–Kier alpha value is -1.85. The predicted molar refractivity (Wildman–Crippen MR) is 69.2 cm³/mol. The van der Waals surface area contributed by atoms with Crippen LogP contribution >= 0.6 is 0 Å². The summed E-state index contributed by atoms with van der Waals surface area (Å²) in [5.41, 5.74) is 1.43. The smallest absolute Gasteiger partial charge is 0.273 e. The zero-order valence-corrected chi connectivity index (χ0v) is 10.6. The van der Waals surface area contributed by atoms with Crippen molar-refractivity contribution in [2.75, 3.05) is 5.43 Å². The molecule has 3 unspecified atom stereocenters. The lowest BCUT2D eigenvalue weighted by Gasteiger charge is -2.20. The highest BCUT2D eigenvalue weighted by Crippen LogP contribution is 2.49. The first-order valence-corrected chi connectivity index (χ1v) is 6.73. The number of aromatic amines is 1. The third kappa shape index (κ3) is 2.47. The van der Waals surface area contributed by atoms with Crippen molar-refractivity contribution in [2.24, 2.45) is 17.8 Å². The normalized spacial score (nSPS) is 28.5. The van der Waals surface area contributed by atoms with E-state index in [1.165, 1.54) is 31.5 Å². The van der Waals surface area contributed by atoms with Gasteiger partial charge in [-0.05, 0) is 37.0 Å². The largest absolute Gasteiger partial charge is 0.347 e. The van der Waals surface area contributed by atoms with Gasteiger partial charge in [-0.1, -0.05) is 6.42 Å². The second kappa shape index (κ2) is 4.68. The molecule has 0 saturated heterocycles. The van der Waals surface area contributed by atoms with Crippen molar-refractivity contribution in [3.8, 4) is 0 Å². The van der Waals surface area contributed by atoms with E-state index < -0.39 is 11.2 Å². The molecule has 1 aromatic heterocycles. The molecule has 6 nitrogen and oxygen atoms in total. The Kier molecular flexibility index (Phi) is 3.00. The molecular weight excluding hydrogens is 246 g/mol. The molecule has 3 rings (SSSR count). The van der Waals surface area contributed by atoms with Crippen LogP contribution in [-0.4, -0.2) is 15.6 Å². The van der Waals surface area contributed by atoms with E-state index in [-0.39, 0.29) is 5.91 Å². The van der Waals surface area contributed by atoms with Gasteiger partial charge in [-0.2, -0.15) is 0 Å². The molecule has 2 bridgehead atoms. The fourth-order valence-electron chi connectivity index (χ4n) is 3.55. The number of amides is 1. The van der Waals surface area contributed by atoms with Gasteiger partial charge in [-0.15, -0.1) is 0 Å². The van der Waals surface area contributed by atoms with Crippen LogP contribution in [-0.2, 0) is 4.79 Å². The first-order valence-electron chi connectivity index (χ1n) is 6.73. The van der Waals surface area contributed by atoms with Crippen LogP contribution in [0.15, 0.2) is 21.9 Å². The summed E-state index contributed by atoms with van der Waals surface area (Å²) in [5.74, 6) is 1.78. The highest BCUT2D eigenvalue weighted by molar-refractivity contribution is 5.83. The van der Waals surface area contributed by atoms with Crippen molar-refractivity contribution < 1.29 is 4.79 Å². The van der Waals surface area contributed by atoms with Gasteiger partial charge in [-0.25, -0.2) is 9.47 Å². The lowest BCUT2D eigenvalue weighted by atomic mass is 9.86. The number of aromatic nitrogens is 2. The summed E-state index contributed by atoms with van der Waals surface area (Å²) in [6, 6.07) is 1.21. The number of rotatable bonds is 3. The van der Waals surface area contributed by atoms with Gasteiger partial charge in [0.05, 0.1) is 0 Å². The number of H-pyrrole nitrogens is 1. The van der Waals surface area contributed by atoms with E-state index in [1.54, 1.807) is 0 Å². The van der Waals surface area contributed by atoms with Gasteiger partial charge in [0.15, 0.2) is 0 Å². The van der Waals surface area contributed by atoms with Gasteiger partial charge in [0.25, 0.3) is 5.56 Å². The average Bonchev–Trinajstić information content (AvgIpc) is 2.95. The Morgan fingerprint density at radius 3 is 2.84 bits per heavy atom. The van der Waals surface area contributed by atoms with Crippen LogP contribution in [0.5, 0.6) is 0 Å². The Balaban J connectivity index is 1.62. The number of fused-ring (bicyclic) bond motifs is 2. The van der Waals surface area contributed by atoms with Crippen LogP contribution in [0.3, 0.4) is 0 Å². The number of hydrogen-bond acceptors (Lipinski definition) is 3. The van der Waals surface area contributed by atoms with Gasteiger partial charge >= 0.3 is 5.69 Å². The van der Waals surface area contributed by atoms with Crippen molar-refractivity contribution in [3.63, 3.8) is 0 Å². The SMILES string of the molecule is O=C(CC1CC2CCC1C2)Nn1ccc(=O)[nH]c1=O. The van der Waals surface area contributed by atoms with E-state index in [2.05, 4.69) is 10.4 Å². The standard InChI is InChI=1S/C13H17N3O3/c17-11-3-4-16(13(19)14-11)15-12(18)7-10-6-8-1-2-9(10)5-8/h3-4,8-10H,1-2,5-7H2,(H,15,18)(H,14,17,19). The number of carbonyl (C=O) groups excluding carboxylic acids is 1. The molecule has 1 amide bonds. The van der Waals surface area contributed by atoms with E-state index in [9.17, 15) is 14.4 Å². The molecule has 19 heavy (non-hydrogen) atoms. The molecule has 2 saturated carbocycles. The van der Waals surface area contributed by atoms with E-state index in [4.69, 9.17) is 0 Å². The van der Waals surface area contributed by atoms with Crippen LogP contribution in [0.4, 0.5) is 0 Å². The maximum absolute atomic E-state index is 11.9. The van der Waals surface area contributed by atoms with Gasteiger partial charge in [0.2, 0.25) is 5.91 Å². The molecular formula is C13H17N3O3. The topological polar surface area (TPSA) is 84.0 Å². The van der Waals surface area contributed by atoms with Crippen molar-refractivity contribution in [1.82, 2.24) is 9.66 Å². The van der Waals surface area contributed by atoms with Crippen LogP contribution in [0.25, 0.3) is 0 Å². The summed E-state index contributed by atoms with van der Waals surface area (Å²) in [7, 11) is 0. The molecule has 2 N–H and O–H groups in total. The Morgan fingerprint density at radius 1 is 1.37 bits per heavy atom. The molecule has 6 heteroatoms. The Morgan fingerprint density at radius 2 is 2.21 bits per heavy atom. The quantitative estimate of drug-likeness (QED) is 0.829. The van der Waals surface area contributed by atoms with Crippen LogP contribution in [0, 0.1) is 17.8 Å². The molecule has 0 spiro atoms. The minimum Gasteiger partial charge on any atom is -0.273 e. The van der Waals surface area contributed by atoms with E-state index in [0.29, 0.717) is 18.3 Å². The van der Waals surface area contributed by atoms with E-state index >= 15 is 0 Å². The molecule has 2 aliphatic rings. The fraction of sp³-hybridized carbons (Fsp3) is 0.615. The lowest BCUT2D eigenvalue weighted by Crippen LogP contribution is -2.37. The number of carbonyl (C=O) groups is 1. The minimum absolute atomic E-state index is 0.160. The zero-order valence-electron chi connectivity index (χ0n) is 10.6. The molecule has 102 valence electrons. The zero-order chi connectivity index (χ0) is 13.4. The molecule has 3 atom stereocenters. The predicted octanol–water partition coefficient (Wildman–Crippen LogP) is 0.433. The highest BCUT2D eigenvalue weighted by atomic mass is 16.2. The summed E-state index contributed by atoms with van der Waals surface area (Å²) >= 11 is 0. The highest BCUT2D eigenvalue weighted by Gasteiger charge is 2.40.